The molecule has 2 aromatic carbocycles. The predicted molar refractivity (Wildman–Crippen MR) is 111 cm³/mol. The molecule has 5 nitrogen and oxygen atoms in total. The quantitative estimate of drug-likeness (QED) is 0.710. The van der Waals surface area contributed by atoms with E-state index in [4.69, 9.17) is 14.2 Å². The van der Waals surface area contributed by atoms with E-state index >= 15 is 0 Å². The summed E-state index contributed by atoms with van der Waals surface area (Å²) in [6, 6.07) is 14.0. The molecule has 0 aliphatic heterocycles. The minimum atomic E-state index is -0.533. The fraction of sp³-hybridized carbons (Fsp3) is 0.409. The molecule has 1 amide bonds. The molecule has 2 aromatic rings. The molecule has 6 heteroatoms. The molecule has 0 spiro atoms. The van der Waals surface area contributed by atoms with Gasteiger partial charge in [0, 0.05) is 0 Å². The van der Waals surface area contributed by atoms with Crippen LogP contribution in [0.1, 0.15) is 37.9 Å². The summed E-state index contributed by atoms with van der Waals surface area (Å²) < 4.78 is 17.8. The normalized spacial score (nSPS) is 18.3. The molecule has 3 rings (SSSR count). The number of fused-ring (bicyclic) bond motifs is 1. The first-order valence-corrected chi connectivity index (χ1v) is 11.1. The number of methoxy groups -OCH3 is 2. The average molecular weight is 448 g/mol. The second-order valence-corrected chi connectivity index (χ2v) is 10.3. The number of nitrogens with one attached hydrogen (secondary N) is 1. The Hall–Kier alpha value is -2.17. The van der Waals surface area contributed by atoms with Gasteiger partial charge < -0.3 is 0 Å². The SMILES string of the molecule is COc1cccc(OC)c1[Se][C@H]1Cc2ccccc2[C@@H]1NC(=O)OC(C)(C)C. The molecule has 0 aromatic heterocycles. The molecular formula is C22H27NO4Se. The Morgan fingerprint density at radius 3 is 2.29 bits per heavy atom. The van der Waals surface area contributed by atoms with Crippen molar-refractivity contribution < 1.29 is 19.0 Å². The Balaban J connectivity index is 1.89. The van der Waals surface area contributed by atoms with Crippen LogP contribution in [0.3, 0.4) is 0 Å². The Bertz CT molecular complexity index is 824. The number of alkyl carbamates (subject to hydrolysis) is 1. The topological polar surface area (TPSA) is 56.8 Å². The van der Waals surface area contributed by atoms with Crippen molar-refractivity contribution in [1.82, 2.24) is 5.32 Å². The third-order valence-corrected chi connectivity index (χ3v) is 7.40. The van der Waals surface area contributed by atoms with Crippen LogP contribution in [0.5, 0.6) is 11.5 Å². The Morgan fingerprint density at radius 2 is 1.68 bits per heavy atom. The van der Waals surface area contributed by atoms with Crippen molar-refractivity contribution >= 4 is 25.5 Å². The first kappa shape index (κ1) is 20.6. The van der Waals surface area contributed by atoms with Gasteiger partial charge in [0.05, 0.1) is 0 Å². The van der Waals surface area contributed by atoms with Crippen molar-refractivity contribution in [3.8, 4) is 11.5 Å². The second kappa shape index (κ2) is 8.46. The molecule has 0 saturated heterocycles. The fourth-order valence-corrected chi connectivity index (χ4v) is 6.40. The molecule has 0 fully saturated rings. The van der Waals surface area contributed by atoms with Gasteiger partial charge in [-0.1, -0.05) is 0 Å². The molecule has 1 N–H and O–H groups in total. The van der Waals surface area contributed by atoms with Gasteiger partial charge in [-0.2, -0.15) is 0 Å². The zero-order chi connectivity index (χ0) is 20.3. The first-order valence-electron chi connectivity index (χ1n) is 9.27. The van der Waals surface area contributed by atoms with Crippen LogP contribution in [0.4, 0.5) is 4.79 Å². The van der Waals surface area contributed by atoms with Crippen molar-refractivity contribution in [2.45, 2.75) is 43.7 Å². The summed E-state index contributed by atoms with van der Waals surface area (Å²) in [4.78, 5) is 12.7. The Labute approximate surface area is 172 Å². The van der Waals surface area contributed by atoms with E-state index in [-0.39, 0.29) is 31.9 Å². The van der Waals surface area contributed by atoms with E-state index in [1.54, 1.807) is 14.2 Å². The summed E-state index contributed by atoms with van der Waals surface area (Å²) >= 11 is 0.0245. The van der Waals surface area contributed by atoms with Gasteiger partial charge in [0.1, 0.15) is 0 Å². The number of carbonyl (C=O) groups is 1. The van der Waals surface area contributed by atoms with Crippen LogP contribution in [0.15, 0.2) is 42.5 Å². The maximum absolute atomic E-state index is 12.5. The summed E-state index contributed by atoms with van der Waals surface area (Å²) in [5, 5.41) is 3.11. The molecule has 0 saturated carbocycles. The molecule has 0 radical (unpaired) electrons. The number of rotatable bonds is 5. The van der Waals surface area contributed by atoms with E-state index in [0.29, 0.717) is 0 Å². The van der Waals surface area contributed by atoms with Crippen LogP contribution >= 0.6 is 0 Å². The second-order valence-electron chi connectivity index (χ2n) is 7.67. The molecule has 0 unspecified atom stereocenters. The van der Waals surface area contributed by atoms with Crippen molar-refractivity contribution in [2.24, 2.45) is 0 Å². The molecule has 150 valence electrons. The summed E-state index contributed by atoms with van der Waals surface area (Å²) in [6.07, 6.45) is 0.514. The van der Waals surface area contributed by atoms with E-state index in [0.717, 1.165) is 27.9 Å². The van der Waals surface area contributed by atoms with Crippen molar-refractivity contribution in [3.05, 3.63) is 53.6 Å². The van der Waals surface area contributed by atoms with E-state index in [2.05, 4.69) is 17.4 Å². The van der Waals surface area contributed by atoms with Gasteiger partial charge in [-0.3, -0.25) is 0 Å². The summed E-state index contributed by atoms with van der Waals surface area (Å²) in [5.41, 5.74) is 1.90. The first-order chi connectivity index (χ1) is 13.3. The third-order valence-electron chi connectivity index (χ3n) is 4.51. The Kier molecular flexibility index (Phi) is 6.21. The van der Waals surface area contributed by atoms with Crippen molar-refractivity contribution in [2.75, 3.05) is 14.2 Å². The number of hydrogen-bond donors (Lipinski definition) is 1. The van der Waals surface area contributed by atoms with Gasteiger partial charge >= 0.3 is 173 Å². The van der Waals surface area contributed by atoms with Crippen molar-refractivity contribution in [3.63, 3.8) is 0 Å². The third kappa shape index (κ3) is 4.62. The van der Waals surface area contributed by atoms with Gasteiger partial charge in [-0.05, 0) is 0 Å². The molecule has 0 heterocycles. The van der Waals surface area contributed by atoms with Crippen LogP contribution < -0.4 is 19.3 Å². The number of ether oxygens (including phenoxy) is 3. The van der Waals surface area contributed by atoms with Crippen LogP contribution in [-0.4, -0.2) is 40.9 Å². The number of benzene rings is 2. The standard InChI is InChI=1S/C22H27NO4Se/c1-22(2,3)27-21(24)23-19-15-10-7-6-9-14(15)13-18(19)28-20-16(25-4)11-8-12-17(20)26-5/h6-12,18-19H,13H2,1-5H3,(H,23,24)/t18-,19-/m0/s1. The molecule has 1 aliphatic carbocycles. The zero-order valence-corrected chi connectivity index (χ0v) is 18.7. The van der Waals surface area contributed by atoms with Crippen LogP contribution in [-0.2, 0) is 11.2 Å². The minimum absolute atomic E-state index is 0.0245. The van der Waals surface area contributed by atoms with Crippen LogP contribution in [0.2, 0.25) is 4.82 Å². The van der Waals surface area contributed by atoms with Gasteiger partial charge in [0.15, 0.2) is 0 Å². The summed E-state index contributed by atoms with van der Waals surface area (Å²) in [6.45, 7) is 5.61. The van der Waals surface area contributed by atoms with Gasteiger partial charge in [0.2, 0.25) is 0 Å². The zero-order valence-electron chi connectivity index (χ0n) is 16.9. The van der Waals surface area contributed by atoms with Gasteiger partial charge in [-0.15, -0.1) is 0 Å². The van der Waals surface area contributed by atoms with Crippen LogP contribution in [0, 0.1) is 0 Å². The number of carbonyl (C=O) groups excluding carboxylic acids is 1. The maximum atomic E-state index is 12.5. The summed E-state index contributed by atoms with van der Waals surface area (Å²) in [5.74, 6) is 1.65. The average Bonchev–Trinajstić information content (AvgIpc) is 2.97. The predicted octanol–water partition coefficient (Wildman–Crippen LogP) is 3.64. The monoisotopic (exact) mass is 449 g/mol. The molecule has 2 atom stereocenters. The Morgan fingerprint density at radius 1 is 1.04 bits per heavy atom. The van der Waals surface area contributed by atoms with E-state index in [1.165, 1.54) is 5.56 Å². The summed E-state index contributed by atoms with van der Waals surface area (Å²) in [7, 11) is 3.35. The molecule has 28 heavy (non-hydrogen) atoms. The molecular weight excluding hydrogens is 421 g/mol. The van der Waals surface area contributed by atoms with Crippen LogP contribution in [0.25, 0.3) is 0 Å². The van der Waals surface area contributed by atoms with E-state index in [1.807, 2.05) is 51.1 Å². The number of hydrogen-bond acceptors (Lipinski definition) is 4. The van der Waals surface area contributed by atoms with Crippen molar-refractivity contribution in [1.29, 1.82) is 0 Å². The van der Waals surface area contributed by atoms with E-state index < -0.39 is 5.60 Å². The van der Waals surface area contributed by atoms with Gasteiger partial charge in [-0.25, -0.2) is 0 Å². The molecule has 1 aliphatic rings. The molecule has 0 bridgehead atoms. The number of amides is 1. The van der Waals surface area contributed by atoms with Gasteiger partial charge in [0.25, 0.3) is 0 Å². The van der Waals surface area contributed by atoms with E-state index in [9.17, 15) is 4.79 Å². The fourth-order valence-electron chi connectivity index (χ4n) is 3.36.